The number of hydrogen-bond acceptors (Lipinski definition) is 4. The molecule has 2 saturated heterocycles. The topological polar surface area (TPSA) is 81.2 Å². The molecule has 7 heteroatoms. The molecule has 156 valence electrons. The number of anilines is 1. The maximum absolute atomic E-state index is 13.2. The number of nitrogens with zero attached hydrogens (tertiary/aromatic N) is 3. The minimum Gasteiger partial charge on any atom is -0.396 e. The largest absolute Gasteiger partial charge is 0.396 e. The molecule has 3 aliphatic rings. The van der Waals surface area contributed by atoms with E-state index in [1.807, 2.05) is 30.0 Å². The van der Waals surface area contributed by atoms with Gasteiger partial charge < -0.3 is 14.9 Å². The average Bonchev–Trinajstić information content (AvgIpc) is 3.30. The lowest BCUT2D eigenvalue weighted by molar-refractivity contribution is -0.130. The van der Waals surface area contributed by atoms with Crippen molar-refractivity contribution in [2.24, 2.45) is 5.92 Å². The van der Waals surface area contributed by atoms with Crippen LogP contribution in [0, 0.1) is 5.92 Å². The van der Waals surface area contributed by atoms with Crippen molar-refractivity contribution >= 4 is 23.4 Å². The predicted octanol–water partition coefficient (Wildman–Crippen LogP) is 2.00. The molecule has 0 bridgehead atoms. The van der Waals surface area contributed by atoms with Crippen LogP contribution in [0.1, 0.15) is 55.8 Å². The first kappa shape index (κ1) is 19.9. The van der Waals surface area contributed by atoms with Gasteiger partial charge in [-0.1, -0.05) is 12.1 Å². The molecular weight excluding hydrogens is 370 g/mol. The summed E-state index contributed by atoms with van der Waals surface area (Å²) in [7, 11) is 0. The van der Waals surface area contributed by atoms with Gasteiger partial charge in [0.2, 0.25) is 11.8 Å². The Labute approximate surface area is 171 Å². The molecule has 1 aromatic carbocycles. The third-order valence-electron chi connectivity index (χ3n) is 6.69. The zero-order valence-corrected chi connectivity index (χ0v) is 17.0. The molecule has 0 saturated carbocycles. The van der Waals surface area contributed by atoms with Gasteiger partial charge in [-0.25, -0.2) is 0 Å². The van der Waals surface area contributed by atoms with Crippen molar-refractivity contribution in [1.29, 1.82) is 0 Å². The molecule has 0 spiro atoms. The molecule has 1 aromatic rings. The van der Waals surface area contributed by atoms with E-state index in [4.69, 9.17) is 5.11 Å². The van der Waals surface area contributed by atoms with Gasteiger partial charge in [-0.15, -0.1) is 0 Å². The molecule has 29 heavy (non-hydrogen) atoms. The highest BCUT2D eigenvalue weighted by Gasteiger charge is 2.52. The highest BCUT2D eigenvalue weighted by molar-refractivity contribution is 6.10. The summed E-state index contributed by atoms with van der Waals surface area (Å²) in [5, 5.41) is 9.08. The molecule has 3 amide bonds. The number of carbonyl (C=O) groups excluding carboxylic acids is 3. The second-order valence-corrected chi connectivity index (χ2v) is 8.53. The lowest BCUT2D eigenvalue weighted by Gasteiger charge is -2.48. The highest BCUT2D eigenvalue weighted by Crippen LogP contribution is 2.44. The molecule has 4 rings (SSSR count). The van der Waals surface area contributed by atoms with Crippen molar-refractivity contribution in [1.82, 2.24) is 9.80 Å². The van der Waals surface area contributed by atoms with Crippen molar-refractivity contribution in [3.63, 3.8) is 0 Å². The normalized spacial score (nSPS) is 26.1. The SMILES string of the molecule is C[C@@]12CCC(=O)N1c1ccccc1C(=O)N2CCCC(=O)N1CC[C@@H](CCO)C1. The molecular formula is C22H29N3O4. The summed E-state index contributed by atoms with van der Waals surface area (Å²) in [6.07, 6.45) is 3.69. The maximum atomic E-state index is 13.2. The summed E-state index contributed by atoms with van der Waals surface area (Å²) in [6, 6.07) is 7.28. The number of amides is 3. The van der Waals surface area contributed by atoms with Gasteiger partial charge in [-0.3, -0.25) is 19.3 Å². The molecule has 2 atom stereocenters. The quantitative estimate of drug-likeness (QED) is 0.793. The summed E-state index contributed by atoms with van der Waals surface area (Å²) in [4.78, 5) is 43.8. The van der Waals surface area contributed by atoms with E-state index in [0.717, 1.165) is 25.9 Å². The van der Waals surface area contributed by atoms with Gasteiger partial charge in [-0.05, 0) is 50.7 Å². The molecule has 7 nitrogen and oxygen atoms in total. The zero-order chi connectivity index (χ0) is 20.6. The lowest BCUT2D eigenvalue weighted by atomic mass is 9.98. The molecule has 0 unspecified atom stereocenters. The molecule has 0 radical (unpaired) electrons. The van der Waals surface area contributed by atoms with E-state index in [-0.39, 0.29) is 24.3 Å². The minimum absolute atomic E-state index is 0.0421. The summed E-state index contributed by atoms with van der Waals surface area (Å²) in [5.41, 5.74) is 0.588. The number of para-hydroxylation sites is 1. The smallest absolute Gasteiger partial charge is 0.257 e. The van der Waals surface area contributed by atoms with E-state index in [0.29, 0.717) is 49.4 Å². The van der Waals surface area contributed by atoms with Crippen LogP contribution in [-0.2, 0) is 9.59 Å². The highest BCUT2D eigenvalue weighted by atomic mass is 16.3. The van der Waals surface area contributed by atoms with E-state index in [1.165, 1.54) is 0 Å². The molecule has 0 aromatic heterocycles. The van der Waals surface area contributed by atoms with Gasteiger partial charge >= 0.3 is 0 Å². The van der Waals surface area contributed by atoms with Crippen LogP contribution >= 0.6 is 0 Å². The van der Waals surface area contributed by atoms with Crippen LogP contribution in [-0.4, -0.2) is 64.5 Å². The van der Waals surface area contributed by atoms with Gasteiger partial charge in [0.25, 0.3) is 5.91 Å². The van der Waals surface area contributed by atoms with Crippen LogP contribution in [0.2, 0.25) is 0 Å². The van der Waals surface area contributed by atoms with E-state index in [1.54, 1.807) is 15.9 Å². The Morgan fingerprint density at radius 3 is 2.86 bits per heavy atom. The number of hydrogen-bond donors (Lipinski definition) is 1. The number of benzene rings is 1. The fraction of sp³-hybridized carbons (Fsp3) is 0.591. The van der Waals surface area contributed by atoms with Crippen LogP contribution in [0.5, 0.6) is 0 Å². The van der Waals surface area contributed by atoms with Gasteiger partial charge in [-0.2, -0.15) is 0 Å². The third kappa shape index (κ3) is 3.41. The van der Waals surface area contributed by atoms with Crippen LogP contribution < -0.4 is 4.90 Å². The lowest BCUT2D eigenvalue weighted by Crippen LogP contribution is -2.62. The fourth-order valence-electron chi connectivity index (χ4n) is 5.07. The summed E-state index contributed by atoms with van der Waals surface area (Å²) in [5.74, 6) is 0.479. The Balaban J connectivity index is 1.43. The Hall–Kier alpha value is -2.41. The van der Waals surface area contributed by atoms with E-state index >= 15 is 0 Å². The number of fused-ring (bicyclic) bond motifs is 3. The van der Waals surface area contributed by atoms with Crippen molar-refractivity contribution < 1.29 is 19.5 Å². The third-order valence-corrected chi connectivity index (χ3v) is 6.69. The Morgan fingerprint density at radius 2 is 2.07 bits per heavy atom. The van der Waals surface area contributed by atoms with E-state index in [2.05, 4.69) is 0 Å². The standard InChI is InChI=1S/C22H29N3O4/c1-22-11-8-20(28)25(22)18-6-3-2-5-17(18)21(29)24(22)12-4-7-19(27)23-13-9-16(15-23)10-14-26/h2-3,5-6,16,26H,4,7-15H2,1H3/t16-,22-/m0/s1. The molecule has 1 N–H and O–H groups in total. The summed E-state index contributed by atoms with van der Waals surface area (Å²) in [6.45, 7) is 4.04. The first-order chi connectivity index (χ1) is 14.0. The summed E-state index contributed by atoms with van der Waals surface area (Å²) >= 11 is 0. The first-order valence-electron chi connectivity index (χ1n) is 10.6. The van der Waals surface area contributed by atoms with Crippen molar-refractivity contribution in [2.45, 2.75) is 51.1 Å². The maximum Gasteiger partial charge on any atom is 0.257 e. The first-order valence-corrected chi connectivity index (χ1v) is 10.6. The molecule has 0 aliphatic carbocycles. The number of aliphatic hydroxyl groups excluding tert-OH is 1. The van der Waals surface area contributed by atoms with E-state index in [9.17, 15) is 14.4 Å². The van der Waals surface area contributed by atoms with Crippen LogP contribution in [0.3, 0.4) is 0 Å². The predicted molar refractivity (Wildman–Crippen MR) is 108 cm³/mol. The Morgan fingerprint density at radius 1 is 1.28 bits per heavy atom. The molecule has 2 fully saturated rings. The average molecular weight is 399 g/mol. The van der Waals surface area contributed by atoms with Crippen LogP contribution in [0.25, 0.3) is 0 Å². The number of aliphatic hydroxyl groups is 1. The van der Waals surface area contributed by atoms with Gasteiger partial charge in [0.05, 0.1) is 11.3 Å². The second kappa shape index (κ2) is 7.78. The number of carbonyl (C=O) groups is 3. The number of rotatable bonds is 6. The Kier molecular flexibility index (Phi) is 5.34. The van der Waals surface area contributed by atoms with Gasteiger partial charge in [0.15, 0.2) is 0 Å². The summed E-state index contributed by atoms with van der Waals surface area (Å²) < 4.78 is 0. The van der Waals surface area contributed by atoms with Crippen molar-refractivity contribution in [2.75, 3.05) is 31.1 Å². The van der Waals surface area contributed by atoms with Crippen LogP contribution in [0.15, 0.2) is 24.3 Å². The molecule has 3 heterocycles. The van der Waals surface area contributed by atoms with Gasteiger partial charge in [0.1, 0.15) is 5.66 Å². The fourth-order valence-corrected chi connectivity index (χ4v) is 5.07. The Bertz CT molecular complexity index is 826. The second-order valence-electron chi connectivity index (χ2n) is 8.53. The van der Waals surface area contributed by atoms with Gasteiger partial charge in [0, 0.05) is 39.1 Å². The van der Waals surface area contributed by atoms with Crippen molar-refractivity contribution in [3.8, 4) is 0 Å². The zero-order valence-electron chi connectivity index (χ0n) is 17.0. The van der Waals surface area contributed by atoms with E-state index < -0.39 is 5.66 Å². The number of likely N-dealkylation sites (tertiary alicyclic amines) is 1. The monoisotopic (exact) mass is 399 g/mol. The molecule has 3 aliphatic heterocycles. The van der Waals surface area contributed by atoms with Crippen LogP contribution in [0.4, 0.5) is 5.69 Å². The van der Waals surface area contributed by atoms with Crippen molar-refractivity contribution in [3.05, 3.63) is 29.8 Å². The minimum atomic E-state index is -0.661.